The molecule has 3 amide bonds. The molecule has 2 bridgehead atoms. The monoisotopic (exact) mass is 657 g/mol. The van der Waals surface area contributed by atoms with Crippen LogP contribution < -0.4 is 15.4 Å². The number of aliphatic hydroxyl groups is 1. The van der Waals surface area contributed by atoms with Gasteiger partial charge in [-0.25, -0.2) is 0 Å². The maximum absolute atomic E-state index is 14.5. The van der Waals surface area contributed by atoms with Crippen LogP contribution >= 0.6 is 27.7 Å². The van der Waals surface area contributed by atoms with Gasteiger partial charge in [0.2, 0.25) is 17.7 Å². The highest BCUT2D eigenvalue weighted by Gasteiger charge is 2.76. The van der Waals surface area contributed by atoms with Gasteiger partial charge < -0.3 is 25.4 Å². The van der Waals surface area contributed by atoms with Crippen LogP contribution in [0.4, 0.5) is 11.4 Å². The number of benzene rings is 2. The molecule has 8 atom stereocenters. The number of alkyl halides is 1. The first kappa shape index (κ1) is 30.9. The van der Waals surface area contributed by atoms with Crippen molar-refractivity contribution in [2.45, 2.75) is 74.4 Å². The summed E-state index contributed by atoms with van der Waals surface area (Å²) in [6, 6.07) is 11.7. The number of fused-ring (bicyclic) bond motifs is 1. The van der Waals surface area contributed by atoms with Crippen LogP contribution in [0, 0.1) is 31.6 Å². The third kappa shape index (κ3) is 5.24. The van der Waals surface area contributed by atoms with E-state index in [0.717, 1.165) is 17.5 Å². The number of anilines is 2. The zero-order valence-corrected chi connectivity index (χ0v) is 27.1. The first-order valence-corrected chi connectivity index (χ1v) is 16.5. The molecule has 3 N–H and O–H groups in total. The molecule has 0 radical (unpaired) electrons. The van der Waals surface area contributed by atoms with Crippen molar-refractivity contribution in [1.29, 1.82) is 0 Å². The van der Waals surface area contributed by atoms with E-state index in [4.69, 9.17) is 4.74 Å². The number of aryl methyl sites for hydroxylation is 2. The topological polar surface area (TPSA) is 108 Å². The molecule has 5 rings (SSSR count). The van der Waals surface area contributed by atoms with Gasteiger partial charge in [0, 0.05) is 21.5 Å². The summed E-state index contributed by atoms with van der Waals surface area (Å²) in [6.45, 7) is 10.1. The predicted octanol–water partition coefficient (Wildman–Crippen LogP) is 5.15. The lowest BCUT2D eigenvalue weighted by molar-refractivity contribution is -0.142. The van der Waals surface area contributed by atoms with Gasteiger partial charge >= 0.3 is 0 Å². The van der Waals surface area contributed by atoms with Gasteiger partial charge in [-0.1, -0.05) is 48.3 Å². The summed E-state index contributed by atoms with van der Waals surface area (Å²) in [5.41, 5.74) is 3.26. The number of nitrogens with one attached hydrogen (secondary N) is 2. The summed E-state index contributed by atoms with van der Waals surface area (Å²) in [7, 11) is 0. The zero-order chi connectivity index (χ0) is 30.3. The summed E-state index contributed by atoms with van der Waals surface area (Å²) in [6.07, 6.45) is 1.31. The van der Waals surface area contributed by atoms with E-state index in [2.05, 4.69) is 26.6 Å². The zero-order valence-electron chi connectivity index (χ0n) is 24.7. The molecule has 0 aliphatic carbocycles. The summed E-state index contributed by atoms with van der Waals surface area (Å²) < 4.78 is 4.72. The van der Waals surface area contributed by atoms with E-state index in [0.29, 0.717) is 30.2 Å². The third-order valence-corrected chi connectivity index (χ3v) is 12.4. The molecule has 3 aliphatic heterocycles. The van der Waals surface area contributed by atoms with Crippen LogP contribution in [-0.4, -0.2) is 67.8 Å². The minimum Gasteiger partial charge on any atom is -0.494 e. The second kappa shape index (κ2) is 12.2. The Morgan fingerprint density at radius 3 is 2.50 bits per heavy atom. The van der Waals surface area contributed by atoms with Crippen LogP contribution in [0.5, 0.6) is 5.75 Å². The van der Waals surface area contributed by atoms with Crippen molar-refractivity contribution in [3.63, 3.8) is 0 Å². The van der Waals surface area contributed by atoms with Gasteiger partial charge in [-0.3, -0.25) is 14.4 Å². The SMILES string of the molecule is CCOc1ccc(NC(=O)[C@H]2[C@H]3C(=O)N([C@@H](CO)[C@@H](C)CC)C(C(=O)Nc4cc(C)ccc4C)C34CC(Br)[C@@H]2S4)cc1. The van der Waals surface area contributed by atoms with Gasteiger partial charge in [-0.2, -0.15) is 0 Å². The average molecular weight is 659 g/mol. The fourth-order valence-electron chi connectivity index (χ4n) is 6.94. The van der Waals surface area contributed by atoms with E-state index in [1.807, 2.05) is 52.8 Å². The Labute approximate surface area is 260 Å². The number of aliphatic hydroxyl groups excluding tert-OH is 1. The molecular formula is C32H40BrN3O5S. The fraction of sp³-hybridized carbons (Fsp3) is 0.531. The summed E-state index contributed by atoms with van der Waals surface area (Å²) >= 11 is 5.41. The smallest absolute Gasteiger partial charge is 0.248 e. The van der Waals surface area contributed by atoms with E-state index >= 15 is 0 Å². The molecule has 3 heterocycles. The molecule has 3 unspecified atom stereocenters. The number of carbonyl (C=O) groups is 3. The van der Waals surface area contributed by atoms with Crippen molar-refractivity contribution < 1.29 is 24.2 Å². The Morgan fingerprint density at radius 2 is 1.86 bits per heavy atom. The van der Waals surface area contributed by atoms with Gasteiger partial charge in [-0.05, 0) is 74.6 Å². The molecule has 2 aromatic carbocycles. The third-order valence-electron chi connectivity index (χ3n) is 9.21. The first-order chi connectivity index (χ1) is 20.1. The Balaban J connectivity index is 1.52. The van der Waals surface area contributed by atoms with Gasteiger partial charge in [0.1, 0.15) is 11.8 Å². The summed E-state index contributed by atoms with van der Waals surface area (Å²) in [5.74, 6) is -1.38. The normalized spacial score (nSPS) is 29.3. The number of hydrogen-bond donors (Lipinski definition) is 3. The van der Waals surface area contributed by atoms with Crippen LogP contribution in [0.3, 0.4) is 0 Å². The molecule has 3 fully saturated rings. The number of halogens is 1. The van der Waals surface area contributed by atoms with Crippen molar-refractivity contribution in [3.05, 3.63) is 53.6 Å². The van der Waals surface area contributed by atoms with Crippen molar-refractivity contribution >= 4 is 56.8 Å². The Morgan fingerprint density at radius 1 is 1.14 bits per heavy atom. The van der Waals surface area contributed by atoms with Crippen molar-refractivity contribution in [1.82, 2.24) is 4.90 Å². The van der Waals surface area contributed by atoms with Crippen molar-refractivity contribution in [2.75, 3.05) is 23.8 Å². The molecule has 42 heavy (non-hydrogen) atoms. The van der Waals surface area contributed by atoms with E-state index in [-0.39, 0.29) is 40.3 Å². The maximum atomic E-state index is 14.5. The van der Waals surface area contributed by atoms with Gasteiger partial charge in [0.05, 0.1) is 35.8 Å². The molecule has 1 spiro atoms. The molecule has 2 aromatic rings. The highest BCUT2D eigenvalue weighted by molar-refractivity contribution is 9.09. The number of carbonyl (C=O) groups excluding carboxylic acids is 3. The number of ether oxygens (including phenoxy) is 1. The van der Waals surface area contributed by atoms with Crippen LogP contribution in [-0.2, 0) is 14.4 Å². The first-order valence-electron chi connectivity index (χ1n) is 14.7. The number of likely N-dealkylation sites (tertiary alicyclic amines) is 1. The number of thioether (sulfide) groups is 1. The van der Waals surface area contributed by atoms with Crippen molar-refractivity contribution in [3.8, 4) is 5.75 Å². The molecule has 8 nitrogen and oxygen atoms in total. The minimum atomic E-state index is -0.834. The lowest BCUT2D eigenvalue weighted by Gasteiger charge is -2.39. The fourth-order valence-corrected chi connectivity index (χ4v) is 10.5. The molecule has 3 aliphatic rings. The number of nitrogens with zero attached hydrogens (tertiary/aromatic N) is 1. The highest BCUT2D eigenvalue weighted by Crippen LogP contribution is 2.68. The summed E-state index contributed by atoms with van der Waals surface area (Å²) in [5, 5.41) is 16.5. The quantitative estimate of drug-likeness (QED) is 0.305. The van der Waals surface area contributed by atoms with Gasteiger partial charge in [0.15, 0.2) is 0 Å². The molecular weight excluding hydrogens is 618 g/mol. The number of amides is 3. The standard InChI is InChI=1S/C32H40BrN3O5S/c1-6-18(4)24(16-37)36-28(30(39)35-23-14-17(3)8-9-19(23)5)32-15-22(33)27(42-32)25(26(32)31(36)40)29(38)34-20-10-12-21(13-11-20)41-7-2/h8-14,18,22,24-28,37H,6-7,15-16H2,1-5H3,(H,34,38)(H,35,39)/t18-,22?,24-,25-,26-,27-,28?,32?/m0/s1. The van der Waals surface area contributed by atoms with Crippen LogP contribution in [0.1, 0.15) is 44.7 Å². The van der Waals surface area contributed by atoms with Gasteiger partial charge in [-0.15, -0.1) is 11.8 Å². The lowest BCUT2D eigenvalue weighted by Crippen LogP contribution is -2.56. The molecule has 0 saturated carbocycles. The molecule has 10 heteroatoms. The van der Waals surface area contributed by atoms with Crippen molar-refractivity contribution in [2.24, 2.45) is 17.8 Å². The van der Waals surface area contributed by atoms with Gasteiger partial charge in [0.25, 0.3) is 0 Å². The van der Waals surface area contributed by atoms with E-state index in [1.54, 1.807) is 40.9 Å². The average Bonchev–Trinajstić information content (AvgIpc) is 3.55. The van der Waals surface area contributed by atoms with E-state index < -0.39 is 28.7 Å². The molecule has 3 saturated heterocycles. The second-order valence-corrected chi connectivity index (χ2v) is 14.5. The van der Waals surface area contributed by atoms with Crippen LogP contribution in [0.2, 0.25) is 0 Å². The van der Waals surface area contributed by atoms with Crippen LogP contribution in [0.15, 0.2) is 42.5 Å². The predicted molar refractivity (Wildman–Crippen MR) is 170 cm³/mol. The van der Waals surface area contributed by atoms with E-state index in [1.165, 1.54) is 0 Å². The van der Waals surface area contributed by atoms with Crippen LogP contribution in [0.25, 0.3) is 0 Å². The summed E-state index contributed by atoms with van der Waals surface area (Å²) in [4.78, 5) is 44.3. The largest absolute Gasteiger partial charge is 0.494 e. The van der Waals surface area contributed by atoms with E-state index in [9.17, 15) is 19.5 Å². The number of rotatable bonds is 10. The Hall–Kier alpha value is -2.56. The molecule has 226 valence electrons. The highest BCUT2D eigenvalue weighted by atomic mass is 79.9. The Kier molecular flexibility index (Phi) is 8.98. The molecule has 0 aromatic heterocycles. The lowest BCUT2D eigenvalue weighted by atomic mass is 9.70. The Bertz CT molecular complexity index is 1360. The number of hydrogen-bond acceptors (Lipinski definition) is 6. The maximum Gasteiger partial charge on any atom is 0.248 e. The second-order valence-electron chi connectivity index (χ2n) is 11.8. The minimum absolute atomic E-state index is 0.0386.